The Kier molecular flexibility index (Phi) is 7.58. The molecule has 0 bridgehead atoms. The van der Waals surface area contributed by atoms with Crippen LogP contribution in [0.25, 0.3) is 10.9 Å². The smallest absolute Gasteiger partial charge is 0.326 e. The standard InChI is InChI=1S/C30H32N4O4/c1-4-5-7-20-9-11-22(12-10-20)33-30(35)34-15-6-8-21-16-23(13-14-26(21)34)38-29-24-17-27(36-2)28(37-3)18-25(24)31-19-32-29/h9-14,16-19H,4-8,15H2,1-3H3,(H,33,35). The Hall–Kier alpha value is -4.33. The number of methoxy groups -OCH3 is 2. The monoisotopic (exact) mass is 512 g/mol. The predicted octanol–water partition coefficient (Wildman–Crippen LogP) is 6.77. The molecule has 0 atom stereocenters. The lowest BCUT2D eigenvalue weighted by Gasteiger charge is -2.30. The first kappa shape index (κ1) is 25.3. The molecule has 1 N–H and O–H groups in total. The van der Waals surface area contributed by atoms with E-state index in [1.807, 2.05) is 36.4 Å². The van der Waals surface area contributed by atoms with Crippen LogP contribution in [0.2, 0.25) is 0 Å². The van der Waals surface area contributed by atoms with Crippen molar-refractivity contribution in [2.75, 3.05) is 31.0 Å². The predicted molar refractivity (Wildman–Crippen MR) is 149 cm³/mol. The van der Waals surface area contributed by atoms with Crippen molar-refractivity contribution < 1.29 is 19.0 Å². The number of fused-ring (bicyclic) bond motifs is 2. The van der Waals surface area contributed by atoms with Gasteiger partial charge in [0.1, 0.15) is 12.1 Å². The van der Waals surface area contributed by atoms with E-state index in [1.54, 1.807) is 25.2 Å². The number of unbranched alkanes of at least 4 members (excludes halogenated alkanes) is 1. The first-order chi connectivity index (χ1) is 18.6. The highest BCUT2D eigenvalue weighted by molar-refractivity contribution is 6.02. The second kappa shape index (κ2) is 11.4. The molecule has 196 valence electrons. The number of hydrogen-bond donors (Lipinski definition) is 1. The van der Waals surface area contributed by atoms with E-state index < -0.39 is 0 Å². The number of urea groups is 1. The van der Waals surface area contributed by atoms with Crippen molar-refractivity contribution in [2.45, 2.75) is 39.0 Å². The van der Waals surface area contributed by atoms with Crippen LogP contribution in [0.15, 0.2) is 60.9 Å². The maximum absolute atomic E-state index is 13.2. The van der Waals surface area contributed by atoms with Gasteiger partial charge in [-0.25, -0.2) is 14.8 Å². The van der Waals surface area contributed by atoms with Crippen LogP contribution in [-0.4, -0.2) is 36.8 Å². The zero-order valence-corrected chi connectivity index (χ0v) is 22.0. The second-order valence-corrected chi connectivity index (χ2v) is 9.28. The molecule has 8 nitrogen and oxygen atoms in total. The van der Waals surface area contributed by atoms with E-state index in [4.69, 9.17) is 14.2 Å². The summed E-state index contributed by atoms with van der Waals surface area (Å²) in [4.78, 5) is 23.7. The Balaban J connectivity index is 1.34. The van der Waals surface area contributed by atoms with E-state index in [0.717, 1.165) is 36.2 Å². The van der Waals surface area contributed by atoms with Gasteiger partial charge < -0.3 is 19.5 Å². The van der Waals surface area contributed by atoms with E-state index in [0.29, 0.717) is 40.6 Å². The Morgan fingerprint density at radius 3 is 2.55 bits per heavy atom. The number of ether oxygens (including phenoxy) is 3. The lowest BCUT2D eigenvalue weighted by molar-refractivity contribution is 0.256. The van der Waals surface area contributed by atoms with Gasteiger partial charge in [0.25, 0.3) is 0 Å². The van der Waals surface area contributed by atoms with Crippen molar-refractivity contribution in [1.82, 2.24) is 9.97 Å². The number of hydrogen-bond acceptors (Lipinski definition) is 6. The van der Waals surface area contributed by atoms with Crippen LogP contribution >= 0.6 is 0 Å². The average molecular weight is 513 g/mol. The molecule has 3 aromatic carbocycles. The molecule has 1 aliphatic rings. The molecule has 2 heterocycles. The van der Waals surface area contributed by atoms with Crippen molar-refractivity contribution in [3.8, 4) is 23.1 Å². The Labute approximate surface area is 222 Å². The number of rotatable bonds is 8. The van der Waals surface area contributed by atoms with Gasteiger partial charge in [-0.3, -0.25) is 4.90 Å². The van der Waals surface area contributed by atoms with E-state index in [1.165, 1.54) is 24.7 Å². The van der Waals surface area contributed by atoms with Gasteiger partial charge >= 0.3 is 6.03 Å². The number of aryl methyl sites for hydroxylation is 2. The van der Waals surface area contributed by atoms with Crippen LogP contribution in [-0.2, 0) is 12.8 Å². The molecule has 8 heteroatoms. The summed E-state index contributed by atoms with van der Waals surface area (Å²) < 4.78 is 17.0. The van der Waals surface area contributed by atoms with Crippen molar-refractivity contribution in [2.24, 2.45) is 0 Å². The van der Waals surface area contributed by atoms with Gasteiger partial charge in [0.15, 0.2) is 11.5 Å². The molecule has 0 saturated carbocycles. The number of anilines is 2. The number of carbonyl (C=O) groups is 1. The number of nitrogens with zero attached hydrogens (tertiary/aromatic N) is 3. The summed E-state index contributed by atoms with van der Waals surface area (Å²) in [5, 5.41) is 3.76. The fraction of sp³-hybridized carbons (Fsp3) is 0.300. The van der Waals surface area contributed by atoms with Gasteiger partial charge in [-0.2, -0.15) is 0 Å². The summed E-state index contributed by atoms with van der Waals surface area (Å²) in [7, 11) is 3.17. The quantitative estimate of drug-likeness (QED) is 0.281. The first-order valence-corrected chi connectivity index (χ1v) is 12.9. The van der Waals surface area contributed by atoms with Crippen molar-refractivity contribution in [1.29, 1.82) is 0 Å². The van der Waals surface area contributed by atoms with Crippen LogP contribution in [0.1, 0.15) is 37.3 Å². The number of aromatic nitrogens is 2. The highest BCUT2D eigenvalue weighted by Gasteiger charge is 2.23. The molecular formula is C30H32N4O4. The number of nitrogens with one attached hydrogen (secondary N) is 1. The molecule has 1 aromatic heterocycles. The van der Waals surface area contributed by atoms with Gasteiger partial charge in [-0.15, -0.1) is 0 Å². The maximum atomic E-state index is 13.2. The molecule has 0 aliphatic carbocycles. The minimum Gasteiger partial charge on any atom is -0.493 e. The number of benzene rings is 3. The van der Waals surface area contributed by atoms with E-state index in [9.17, 15) is 4.79 Å². The Morgan fingerprint density at radius 1 is 1.00 bits per heavy atom. The minimum absolute atomic E-state index is 0.135. The average Bonchev–Trinajstić information content (AvgIpc) is 2.95. The van der Waals surface area contributed by atoms with Crippen LogP contribution in [0.5, 0.6) is 23.1 Å². The van der Waals surface area contributed by atoms with E-state index >= 15 is 0 Å². The van der Waals surface area contributed by atoms with Gasteiger partial charge in [0.05, 0.1) is 25.1 Å². The molecule has 1 aliphatic heterocycles. The van der Waals surface area contributed by atoms with Crippen LogP contribution in [0.4, 0.5) is 16.2 Å². The molecule has 0 spiro atoms. The Morgan fingerprint density at radius 2 is 1.79 bits per heavy atom. The normalized spacial score (nSPS) is 12.7. The summed E-state index contributed by atoms with van der Waals surface area (Å²) in [6.45, 7) is 2.85. The largest absolute Gasteiger partial charge is 0.493 e. The first-order valence-electron chi connectivity index (χ1n) is 12.9. The van der Waals surface area contributed by atoms with Crippen molar-refractivity contribution in [3.05, 3.63) is 72.1 Å². The van der Waals surface area contributed by atoms with E-state index in [2.05, 4.69) is 34.3 Å². The molecule has 4 aromatic rings. The Bertz CT molecular complexity index is 1440. The summed E-state index contributed by atoms with van der Waals surface area (Å²) >= 11 is 0. The lowest BCUT2D eigenvalue weighted by atomic mass is 10.0. The van der Waals surface area contributed by atoms with Gasteiger partial charge in [-0.05, 0) is 73.2 Å². The molecule has 0 radical (unpaired) electrons. The van der Waals surface area contributed by atoms with Crippen molar-refractivity contribution in [3.63, 3.8) is 0 Å². The third-order valence-corrected chi connectivity index (χ3v) is 6.76. The third-order valence-electron chi connectivity index (χ3n) is 6.76. The highest BCUT2D eigenvalue weighted by Crippen LogP contribution is 2.37. The summed E-state index contributed by atoms with van der Waals surface area (Å²) in [6.07, 6.45) is 6.58. The molecule has 0 fully saturated rings. The molecule has 2 amide bonds. The number of amides is 2. The summed E-state index contributed by atoms with van der Waals surface area (Å²) in [6, 6.07) is 17.4. The van der Waals surface area contributed by atoms with Crippen LogP contribution < -0.4 is 24.4 Å². The van der Waals surface area contributed by atoms with E-state index in [-0.39, 0.29) is 6.03 Å². The van der Waals surface area contributed by atoms with Gasteiger partial charge in [-0.1, -0.05) is 25.5 Å². The fourth-order valence-corrected chi connectivity index (χ4v) is 4.73. The highest BCUT2D eigenvalue weighted by atomic mass is 16.5. The van der Waals surface area contributed by atoms with Crippen LogP contribution in [0.3, 0.4) is 0 Å². The van der Waals surface area contributed by atoms with Crippen LogP contribution in [0, 0.1) is 0 Å². The minimum atomic E-state index is -0.135. The van der Waals surface area contributed by atoms with Gasteiger partial charge in [0.2, 0.25) is 5.88 Å². The molecule has 0 saturated heterocycles. The lowest BCUT2D eigenvalue weighted by Crippen LogP contribution is -2.38. The topological polar surface area (TPSA) is 85.8 Å². The molecule has 38 heavy (non-hydrogen) atoms. The SMILES string of the molecule is CCCCc1ccc(NC(=O)N2CCCc3cc(Oc4ncnc5cc(OC)c(OC)cc45)ccc32)cc1. The second-order valence-electron chi connectivity index (χ2n) is 9.28. The third kappa shape index (κ3) is 5.34. The van der Waals surface area contributed by atoms with Gasteiger partial charge in [0, 0.05) is 24.0 Å². The zero-order valence-electron chi connectivity index (χ0n) is 22.0. The maximum Gasteiger partial charge on any atom is 0.326 e. The number of carbonyl (C=O) groups excluding carboxylic acids is 1. The molecule has 5 rings (SSSR count). The molecular weight excluding hydrogens is 480 g/mol. The zero-order chi connectivity index (χ0) is 26.5. The fourth-order valence-electron chi connectivity index (χ4n) is 4.73. The summed E-state index contributed by atoms with van der Waals surface area (Å²) in [5.74, 6) is 2.22. The van der Waals surface area contributed by atoms with Crippen molar-refractivity contribution >= 4 is 28.3 Å². The summed E-state index contributed by atoms with van der Waals surface area (Å²) in [5.41, 5.74) is 4.71. The molecule has 0 unspecified atom stereocenters.